The van der Waals surface area contributed by atoms with Crippen LogP contribution in [0.15, 0.2) is 0 Å². The molecule has 0 radical (unpaired) electrons. The van der Waals surface area contributed by atoms with Gasteiger partial charge in [0.15, 0.2) is 6.10 Å². The molecule has 6 atom stereocenters. The maximum Gasteiger partial charge on any atom is 0.483 e. The molecule has 0 bridgehead atoms. The SMILES string of the molecule is CCCCO[C@]1(OP(=O)(OCOC(C)=O)OCOC(C)=O)[C@@H](CCC)[C@@H](OP(=O)(OCOC(C)=O)OCOC(C)=O)[C@H](OP(=O)(OCOC(C)=O)OCOC(C)=O)[C@@H](OP(=O)(OCOC(C)=O)OCOC(C)=O)[C@@H]1OP(=O)(OCOC(C)=O)OCOC(C)=O. The predicted molar refractivity (Wildman–Crippen MR) is 278 cm³/mol. The van der Waals surface area contributed by atoms with Crippen molar-refractivity contribution in [1.29, 1.82) is 0 Å². The summed E-state index contributed by atoms with van der Waals surface area (Å²) in [7, 11) is -30.1. The number of carbonyl (C=O) groups excluding carboxylic acids is 10. The van der Waals surface area contributed by atoms with Crippen molar-refractivity contribution in [2.75, 3.05) is 74.5 Å². The van der Waals surface area contributed by atoms with Gasteiger partial charge in [0.05, 0.1) is 6.61 Å². The van der Waals surface area contributed by atoms with E-state index in [-0.39, 0.29) is 19.3 Å². The van der Waals surface area contributed by atoms with Gasteiger partial charge < -0.3 is 52.1 Å². The van der Waals surface area contributed by atoms with Crippen molar-refractivity contribution < 1.29 is 191 Å². The zero-order chi connectivity index (χ0) is 67.7. The monoisotopic (exact) mass is 1400 g/mol. The summed E-state index contributed by atoms with van der Waals surface area (Å²) in [5, 5.41) is 0. The summed E-state index contributed by atoms with van der Waals surface area (Å²) in [5.41, 5.74) is 0. The highest BCUT2D eigenvalue weighted by Crippen LogP contribution is 2.67. The van der Waals surface area contributed by atoms with Gasteiger partial charge in [-0.2, -0.15) is 0 Å². The van der Waals surface area contributed by atoms with Gasteiger partial charge in [0, 0.05) is 75.2 Å². The van der Waals surface area contributed by atoms with E-state index in [1.165, 1.54) is 6.92 Å². The molecule has 0 unspecified atom stereocenters. The van der Waals surface area contributed by atoms with E-state index in [2.05, 4.69) is 0 Å². The van der Waals surface area contributed by atoms with Crippen LogP contribution in [0, 0.1) is 5.92 Å². The average Bonchev–Trinajstić information content (AvgIpc) is 3.58. The first-order chi connectivity index (χ1) is 41.5. The van der Waals surface area contributed by atoms with Crippen LogP contribution in [0.4, 0.5) is 0 Å². The minimum Gasteiger partial charge on any atom is -0.438 e. The lowest BCUT2D eigenvalue weighted by Gasteiger charge is -2.55. The van der Waals surface area contributed by atoms with E-state index in [0.29, 0.717) is 0 Å². The fourth-order valence-electron chi connectivity index (χ4n) is 6.13. The molecule has 0 aromatic carbocycles. The van der Waals surface area contributed by atoms with Gasteiger partial charge in [0.25, 0.3) is 0 Å². The number of hydrogen-bond donors (Lipinski definition) is 0. The van der Waals surface area contributed by atoms with Crippen molar-refractivity contribution in [2.24, 2.45) is 5.92 Å². The highest BCUT2D eigenvalue weighted by molar-refractivity contribution is 7.49. The van der Waals surface area contributed by atoms with Crippen LogP contribution in [0.2, 0.25) is 0 Å². The van der Waals surface area contributed by atoms with Gasteiger partial charge in [0.1, 0.15) is 18.3 Å². The molecule has 1 rings (SSSR count). The van der Waals surface area contributed by atoms with Crippen molar-refractivity contribution in [1.82, 2.24) is 0 Å². The molecule has 1 fully saturated rings. The quantitative estimate of drug-likeness (QED) is 0.0242. The molecule has 41 nitrogen and oxygen atoms in total. The number of esters is 10. The van der Waals surface area contributed by atoms with Crippen LogP contribution in [0.25, 0.3) is 0 Å². The number of phosphoric acid groups is 5. The largest absolute Gasteiger partial charge is 0.483 e. The van der Waals surface area contributed by atoms with Crippen molar-refractivity contribution >= 4 is 98.8 Å². The molecule has 514 valence electrons. The minimum absolute atomic E-state index is 0.111. The molecule has 0 spiro atoms. The lowest BCUT2D eigenvalue weighted by atomic mass is 9.73. The summed E-state index contributed by atoms with van der Waals surface area (Å²) in [6.45, 7) is -4.27. The first-order valence-corrected chi connectivity index (χ1v) is 32.7. The molecule has 0 aliphatic heterocycles. The van der Waals surface area contributed by atoms with Crippen LogP contribution in [0.5, 0.6) is 0 Å². The molecule has 0 heterocycles. The molecule has 1 aliphatic carbocycles. The Kier molecular flexibility index (Phi) is 37.8. The van der Waals surface area contributed by atoms with E-state index in [1.807, 2.05) is 0 Å². The summed E-state index contributed by atoms with van der Waals surface area (Å²) in [5.74, 6) is -17.6. The summed E-state index contributed by atoms with van der Waals surface area (Å²) in [6, 6.07) is 0. The molecule has 0 saturated heterocycles. The third-order valence-electron chi connectivity index (χ3n) is 9.66. The number of rotatable bonds is 46. The lowest BCUT2D eigenvalue weighted by Crippen LogP contribution is -2.71. The topological polar surface area (TPSA) is 496 Å². The van der Waals surface area contributed by atoms with Gasteiger partial charge in [-0.05, 0) is 12.8 Å². The van der Waals surface area contributed by atoms with Crippen LogP contribution in [0.1, 0.15) is 109 Å². The van der Waals surface area contributed by atoms with Crippen LogP contribution in [0.3, 0.4) is 0 Å². The molecule has 0 amide bonds. The maximum atomic E-state index is 15.6. The van der Waals surface area contributed by atoms with E-state index < -0.39 is 216 Å². The first kappa shape index (κ1) is 82.2. The Labute approximate surface area is 507 Å². The predicted octanol–water partition coefficient (Wildman–Crippen LogP) is 5.40. The Morgan fingerprint density at radius 1 is 0.315 bits per heavy atom. The average molecular weight is 1400 g/mol. The molecule has 0 aromatic heterocycles. The molecule has 1 saturated carbocycles. The molecular formula is C43H71O41P5. The van der Waals surface area contributed by atoms with Crippen LogP contribution < -0.4 is 0 Å². The third-order valence-corrected chi connectivity index (χ3v) is 16.4. The fraction of sp³-hybridized carbons (Fsp3) is 0.767. The first-order valence-electron chi connectivity index (χ1n) is 25.4. The van der Waals surface area contributed by atoms with E-state index in [0.717, 1.165) is 69.2 Å². The summed E-state index contributed by atoms with van der Waals surface area (Å²) in [4.78, 5) is 121. The van der Waals surface area contributed by atoms with Crippen molar-refractivity contribution in [2.45, 2.75) is 139 Å². The standard InChI is InChI=1S/C43H71O41P5/c1-13-15-17-69-43(84-89(58,78-26-67-36(11)52)79-27-68-37(12)53)38(16-14-2)39(80-85(54,70-18-59-28(3)44)71-19-60-29(4)45)40(81-86(55,72-20-61-30(5)46)73-21-62-31(6)47)41(82-87(56,74-22-63-32(7)48)75-23-64-33(8)49)42(43)83-88(57,76-24-65-34(9)50)77-25-66-35(10)51/h38-42H,13-27H2,1-12H3/t38-,39+,40-,41+,42-,43-/m0/s1. The van der Waals surface area contributed by atoms with Crippen LogP contribution >= 0.6 is 39.1 Å². The minimum atomic E-state index is -6.10. The van der Waals surface area contributed by atoms with Gasteiger partial charge in [0.2, 0.25) is 73.7 Å². The number of unbranched alkanes of at least 4 members (excludes halogenated alkanes) is 1. The second-order valence-electron chi connectivity index (χ2n) is 16.7. The Morgan fingerprint density at radius 3 is 0.798 bits per heavy atom. The normalized spacial score (nSPS) is 18.8. The third kappa shape index (κ3) is 33.4. The van der Waals surface area contributed by atoms with E-state index in [1.54, 1.807) is 6.92 Å². The Balaban J connectivity index is 5.50. The second-order valence-corrected chi connectivity index (χ2v) is 24.8. The van der Waals surface area contributed by atoms with Gasteiger partial charge >= 0.3 is 98.8 Å². The molecule has 0 aromatic rings. The zero-order valence-corrected chi connectivity index (χ0v) is 54.4. The smallest absolute Gasteiger partial charge is 0.438 e. The molecule has 1 aliphatic rings. The molecule has 89 heavy (non-hydrogen) atoms. The summed E-state index contributed by atoms with van der Waals surface area (Å²) >= 11 is 0. The van der Waals surface area contributed by atoms with Gasteiger partial charge in [-0.3, -0.25) is 70.6 Å². The van der Waals surface area contributed by atoms with E-state index in [4.69, 9.17) is 120 Å². The Morgan fingerprint density at radius 2 is 0.551 bits per heavy atom. The summed E-state index contributed by atoms with van der Waals surface area (Å²) in [6.07, 6.45) is -13.6. The second kappa shape index (κ2) is 40.9. The highest BCUT2D eigenvalue weighted by Gasteiger charge is 2.71. The van der Waals surface area contributed by atoms with E-state index in [9.17, 15) is 47.9 Å². The number of hydrogen-bond acceptors (Lipinski definition) is 41. The lowest BCUT2D eigenvalue weighted by molar-refractivity contribution is -0.335. The van der Waals surface area contributed by atoms with Crippen LogP contribution in [-0.2, 0) is 191 Å². The fourth-order valence-corrected chi connectivity index (χ4v) is 11.7. The van der Waals surface area contributed by atoms with Gasteiger partial charge in [-0.1, -0.05) is 26.7 Å². The molecule has 0 N–H and O–H groups in total. The number of ether oxygens (including phenoxy) is 11. The van der Waals surface area contributed by atoms with Gasteiger partial charge in [-0.15, -0.1) is 0 Å². The van der Waals surface area contributed by atoms with Crippen molar-refractivity contribution in [3.8, 4) is 0 Å². The van der Waals surface area contributed by atoms with Crippen molar-refractivity contribution in [3.63, 3.8) is 0 Å². The Bertz CT molecular complexity index is 2480. The summed E-state index contributed by atoms with van der Waals surface area (Å²) < 4.78 is 215. The maximum absolute atomic E-state index is 15.6. The zero-order valence-electron chi connectivity index (χ0n) is 50.0. The highest BCUT2D eigenvalue weighted by atomic mass is 31.2. The van der Waals surface area contributed by atoms with Gasteiger partial charge in [-0.25, -0.2) is 68.1 Å². The number of carbonyl (C=O) groups is 10. The molecule has 46 heteroatoms. The molecular weight excluding hydrogens is 1330 g/mol. The Hall–Kier alpha value is -4.79. The number of phosphoric ester groups is 5. The van der Waals surface area contributed by atoms with Crippen LogP contribution in [-0.4, -0.2) is 164 Å². The van der Waals surface area contributed by atoms with Crippen molar-refractivity contribution in [3.05, 3.63) is 0 Å². The van der Waals surface area contributed by atoms with E-state index >= 15 is 22.8 Å².